The molecule has 0 amide bonds. The maximum atomic E-state index is 11.6. The summed E-state index contributed by atoms with van der Waals surface area (Å²) in [5.74, 6) is -0.799. The van der Waals surface area contributed by atoms with Crippen LogP contribution in [-0.4, -0.2) is 33.7 Å². The van der Waals surface area contributed by atoms with Crippen molar-refractivity contribution in [2.24, 2.45) is 10.7 Å². The number of carbonyl (C=O) groups is 1. The standard InChI is InChI=1S/C18H21ClN6O3/c1-5-11(14-24-25-15(28-14)16(26)27-6-2)10-22-17(20)23-18(3,4)13-12(19)8-7-9-21-13/h5,7-10H,1,6H2,2-4H3,(H3,20,22,23)/b11-10+. The molecule has 28 heavy (non-hydrogen) atoms. The number of halogens is 1. The number of hydrogen-bond donors (Lipinski definition) is 2. The summed E-state index contributed by atoms with van der Waals surface area (Å²) < 4.78 is 10.1. The maximum Gasteiger partial charge on any atom is 0.396 e. The Hall–Kier alpha value is -3.20. The molecule has 9 nitrogen and oxygen atoms in total. The second-order valence-corrected chi connectivity index (χ2v) is 6.43. The number of carbonyl (C=O) groups excluding carboxylic acids is 1. The molecule has 2 rings (SSSR count). The topological polar surface area (TPSA) is 129 Å². The number of rotatable bonds is 7. The number of aromatic nitrogens is 3. The predicted octanol–water partition coefficient (Wildman–Crippen LogP) is 2.66. The molecule has 0 bridgehead atoms. The molecule has 0 saturated heterocycles. The van der Waals surface area contributed by atoms with Crippen LogP contribution in [0.25, 0.3) is 5.57 Å². The molecule has 0 radical (unpaired) electrons. The van der Waals surface area contributed by atoms with Gasteiger partial charge in [-0.2, -0.15) is 0 Å². The van der Waals surface area contributed by atoms with Crippen LogP contribution in [-0.2, 0) is 10.3 Å². The number of ether oxygens (including phenoxy) is 1. The second kappa shape index (κ2) is 9.14. The first kappa shape index (κ1) is 21.1. The second-order valence-electron chi connectivity index (χ2n) is 6.02. The largest absolute Gasteiger partial charge is 0.459 e. The van der Waals surface area contributed by atoms with E-state index >= 15 is 0 Å². The van der Waals surface area contributed by atoms with Crippen LogP contribution in [0.3, 0.4) is 0 Å². The Bertz CT molecular complexity index is 920. The summed E-state index contributed by atoms with van der Waals surface area (Å²) in [6.07, 6.45) is 4.47. The number of pyridine rings is 1. The molecule has 148 valence electrons. The Balaban J connectivity index is 2.18. The van der Waals surface area contributed by atoms with E-state index < -0.39 is 11.5 Å². The van der Waals surface area contributed by atoms with Crippen molar-refractivity contribution in [1.29, 1.82) is 0 Å². The quantitative estimate of drug-likeness (QED) is 0.312. The summed E-state index contributed by atoms with van der Waals surface area (Å²) in [7, 11) is 0. The van der Waals surface area contributed by atoms with E-state index in [-0.39, 0.29) is 24.3 Å². The molecule has 2 aromatic heterocycles. The molecule has 3 N–H and O–H groups in total. The summed E-state index contributed by atoms with van der Waals surface area (Å²) in [5.41, 5.74) is 6.30. The van der Waals surface area contributed by atoms with Gasteiger partial charge < -0.3 is 20.2 Å². The molecule has 0 aliphatic heterocycles. The van der Waals surface area contributed by atoms with Gasteiger partial charge in [0.25, 0.3) is 0 Å². The van der Waals surface area contributed by atoms with Crippen LogP contribution in [0.4, 0.5) is 0 Å². The summed E-state index contributed by atoms with van der Waals surface area (Å²) in [6, 6.07) is 3.49. The van der Waals surface area contributed by atoms with Gasteiger partial charge in [0.2, 0.25) is 5.89 Å². The Morgan fingerprint density at radius 3 is 2.82 bits per heavy atom. The minimum absolute atomic E-state index is 0.0571. The molecule has 0 aromatic carbocycles. The van der Waals surface area contributed by atoms with Gasteiger partial charge in [0.05, 0.1) is 28.4 Å². The molecule has 0 atom stereocenters. The molecule has 0 spiro atoms. The summed E-state index contributed by atoms with van der Waals surface area (Å²) >= 11 is 6.20. The van der Waals surface area contributed by atoms with E-state index in [2.05, 4.69) is 32.1 Å². The van der Waals surface area contributed by atoms with E-state index in [4.69, 9.17) is 26.5 Å². The third kappa shape index (κ3) is 5.17. The summed E-state index contributed by atoms with van der Waals surface area (Å²) in [5, 5.41) is 11.0. The number of aliphatic imine (C=N–C) groups is 1. The molecular formula is C18H21ClN6O3. The van der Waals surface area contributed by atoms with Gasteiger partial charge in [0, 0.05) is 12.4 Å². The molecule has 2 aromatic rings. The van der Waals surface area contributed by atoms with Gasteiger partial charge in [0.15, 0.2) is 5.96 Å². The average Bonchev–Trinajstić information content (AvgIpc) is 3.12. The van der Waals surface area contributed by atoms with Crippen molar-refractivity contribution in [3.63, 3.8) is 0 Å². The Morgan fingerprint density at radius 1 is 1.46 bits per heavy atom. The van der Waals surface area contributed by atoms with Crippen molar-refractivity contribution < 1.29 is 13.9 Å². The van der Waals surface area contributed by atoms with Gasteiger partial charge in [0.1, 0.15) is 0 Å². The van der Waals surface area contributed by atoms with Gasteiger partial charge in [-0.15, -0.1) is 10.2 Å². The third-order valence-corrected chi connectivity index (χ3v) is 3.78. The van der Waals surface area contributed by atoms with Gasteiger partial charge in [-0.3, -0.25) is 4.98 Å². The van der Waals surface area contributed by atoms with E-state index in [1.807, 2.05) is 13.8 Å². The minimum Gasteiger partial charge on any atom is -0.459 e. The first-order chi connectivity index (χ1) is 13.3. The van der Waals surface area contributed by atoms with Crippen molar-refractivity contribution in [1.82, 2.24) is 20.5 Å². The van der Waals surface area contributed by atoms with Crippen molar-refractivity contribution in [3.8, 4) is 0 Å². The highest BCUT2D eigenvalue weighted by Gasteiger charge is 2.25. The summed E-state index contributed by atoms with van der Waals surface area (Å²) in [4.78, 5) is 20.0. The van der Waals surface area contributed by atoms with Crippen molar-refractivity contribution in [2.45, 2.75) is 26.3 Å². The van der Waals surface area contributed by atoms with Crippen LogP contribution >= 0.6 is 11.6 Å². The molecule has 0 saturated carbocycles. The van der Waals surface area contributed by atoms with Gasteiger partial charge in [-0.1, -0.05) is 24.3 Å². The smallest absolute Gasteiger partial charge is 0.396 e. The first-order valence-electron chi connectivity index (χ1n) is 8.34. The number of nitrogens with zero attached hydrogens (tertiary/aromatic N) is 4. The van der Waals surface area contributed by atoms with Crippen LogP contribution in [0.5, 0.6) is 0 Å². The zero-order valence-corrected chi connectivity index (χ0v) is 16.5. The number of esters is 1. The van der Waals surface area contributed by atoms with Crippen LogP contribution < -0.4 is 11.1 Å². The lowest BCUT2D eigenvalue weighted by atomic mass is 10.00. The highest BCUT2D eigenvalue weighted by molar-refractivity contribution is 6.31. The van der Waals surface area contributed by atoms with Crippen molar-refractivity contribution in [3.05, 3.63) is 59.7 Å². The van der Waals surface area contributed by atoms with Gasteiger partial charge >= 0.3 is 11.9 Å². The van der Waals surface area contributed by atoms with Crippen LogP contribution in [0.2, 0.25) is 5.02 Å². The molecule has 0 unspecified atom stereocenters. The van der Waals surface area contributed by atoms with Crippen molar-refractivity contribution >= 4 is 29.1 Å². The molecular weight excluding hydrogens is 384 g/mol. The Labute approximate surface area is 167 Å². The van der Waals surface area contributed by atoms with E-state index in [1.54, 1.807) is 25.3 Å². The van der Waals surface area contributed by atoms with Crippen molar-refractivity contribution in [2.75, 3.05) is 6.61 Å². The number of guanidine groups is 1. The predicted molar refractivity (Wildman–Crippen MR) is 105 cm³/mol. The summed E-state index contributed by atoms with van der Waals surface area (Å²) in [6.45, 7) is 9.27. The minimum atomic E-state index is -0.705. The third-order valence-electron chi connectivity index (χ3n) is 3.48. The van der Waals surface area contributed by atoms with Crippen LogP contribution in [0.1, 0.15) is 43.0 Å². The first-order valence-corrected chi connectivity index (χ1v) is 8.72. The normalized spacial score (nSPS) is 12.6. The Morgan fingerprint density at radius 2 is 2.18 bits per heavy atom. The van der Waals surface area contributed by atoms with Gasteiger partial charge in [-0.25, -0.2) is 9.79 Å². The average molecular weight is 405 g/mol. The zero-order chi connectivity index (χ0) is 20.7. The number of allylic oxidation sites excluding steroid dienone is 2. The monoisotopic (exact) mass is 404 g/mol. The van der Waals surface area contributed by atoms with Crippen LogP contribution in [0, 0.1) is 0 Å². The number of hydrogen-bond acceptors (Lipinski definition) is 7. The fraction of sp³-hybridized carbons (Fsp3) is 0.278. The fourth-order valence-electron chi connectivity index (χ4n) is 2.21. The Kier molecular flexibility index (Phi) is 6.89. The molecule has 2 heterocycles. The highest BCUT2D eigenvalue weighted by atomic mass is 35.5. The fourth-order valence-corrected chi connectivity index (χ4v) is 2.56. The highest BCUT2D eigenvalue weighted by Crippen LogP contribution is 2.25. The maximum absolute atomic E-state index is 11.6. The molecule has 10 heteroatoms. The van der Waals surface area contributed by atoms with Gasteiger partial charge in [-0.05, 0) is 32.9 Å². The van der Waals surface area contributed by atoms with E-state index in [0.717, 1.165) is 0 Å². The lowest BCUT2D eigenvalue weighted by Crippen LogP contribution is -2.45. The SMILES string of the molecule is C=C/C(=C\N=C(/N)NC(C)(C)c1ncccc1Cl)c1nnc(C(=O)OCC)o1. The van der Waals surface area contributed by atoms with Crippen LogP contribution in [0.15, 0.2) is 46.6 Å². The van der Waals surface area contributed by atoms with E-state index in [1.165, 1.54) is 12.3 Å². The molecule has 0 aliphatic rings. The lowest BCUT2D eigenvalue weighted by Gasteiger charge is -2.26. The molecule has 0 fully saturated rings. The zero-order valence-electron chi connectivity index (χ0n) is 15.8. The van der Waals surface area contributed by atoms with E-state index in [9.17, 15) is 4.79 Å². The van der Waals surface area contributed by atoms with E-state index in [0.29, 0.717) is 16.3 Å². The molecule has 0 aliphatic carbocycles. The number of nitrogens with one attached hydrogen (secondary N) is 1. The number of nitrogens with two attached hydrogens (primary N) is 1. The lowest BCUT2D eigenvalue weighted by molar-refractivity contribution is 0.0480.